The van der Waals surface area contributed by atoms with Crippen molar-refractivity contribution in [3.8, 4) is 0 Å². The topological polar surface area (TPSA) is 55.2 Å². The smallest absolute Gasteiger partial charge is 0.292 e. The Hall–Kier alpha value is -1.58. The quantitative estimate of drug-likeness (QED) is 0.652. The minimum atomic E-state index is -0.299. The van der Waals surface area contributed by atoms with E-state index in [1.165, 1.54) is 6.42 Å². The monoisotopic (exact) mass is 276 g/mol. The maximum absolute atomic E-state index is 11.2. The van der Waals surface area contributed by atoms with Gasteiger partial charge in [0, 0.05) is 12.1 Å². The van der Waals surface area contributed by atoms with Gasteiger partial charge in [0.2, 0.25) is 0 Å². The summed E-state index contributed by atoms with van der Waals surface area (Å²) >= 11 is 0. The van der Waals surface area contributed by atoms with E-state index in [4.69, 9.17) is 0 Å². The van der Waals surface area contributed by atoms with Gasteiger partial charge in [-0.3, -0.25) is 10.1 Å². The second kappa shape index (κ2) is 5.43. The number of nitrogens with zero attached hydrogens (tertiary/aromatic N) is 1. The van der Waals surface area contributed by atoms with Crippen LogP contribution >= 0.6 is 0 Å². The van der Waals surface area contributed by atoms with Crippen molar-refractivity contribution in [2.75, 3.05) is 5.32 Å². The number of benzene rings is 1. The third-order valence-corrected chi connectivity index (χ3v) is 4.10. The Labute approximate surface area is 120 Å². The normalized spacial score (nSPS) is 25.2. The minimum Gasteiger partial charge on any atom is -0.377 e. The highest BCUT2D eigenvalue weighted by Gasteiger charge is 2.32. The van der Waals surface area contributed by atoms with Gasteiger partial charge in [0.25, 0.3) is 5.69 Å². The highest BCUT2D eigenvalue weighted by molar-refractivity contribution is 5.63. The lowest BCUT2D eigenvalue weighted by molar-refractivity contribution is -0.384. The first-order chi connectivity index (χ1) is 9.27. The van der Waals surface area contributed by atoms with Crippen LogP contribution in [0.3, 0.4) is 0 Å². The van der Waals surface area contributed by atoms with E-state index >= 15 is 0 Å². The molecule has 2 rings (SSSR count). The number of rotatable bonds is 3. The summed E-state index contributed by atoms with van der Waals surface area (Å²) in [5.41, 5.74) is 2.05. The molecule has 4 nitrogen and oxygen atoms in total. The van der Waals surface area contributed by atoms with Crippen molar-refractivity contribution in [2.24, 2.45) is 11.3 Å². The highest BCUT2D eigenvalue weighted by atomic mass is 16.6. The van der Waals surface area contributed by atoms with Crippen LogP contribution in [0.1, 0.15) is 45.6 Å². The Kier molecular flexibility index (Phi) is 4.02. The number of nitro groups is 1. The van der Waals surface area contributed by atoms with Crippen molar-refractivity contribution in [3.05, 3.63) is 33.9 Å². The molecule has 1 aliphatic rings. The van der Waals surface area contributed by atoms with Crippen LogP contribution in [0.15, 0.2) is 18.2 Å². The molecule has 0 spiro atoms. The third kappa shape index (κ3) is 3.50. The van der Waals surface area contributed by atoms with Gasteiger partial charge in [-0.1, -0.05) is 26.8 Å². The molecule has 1 N–H and O–H groups in total. The number of hydrogen-bond donors (Lipinski definition) is 1. The summed E-state index contributed by atoms with van der Waals surface area (Å²) in [5, 5.41) is 14.6. The van der Waals surface area contributed by atoms with Crippen LogP contribution in [-0.4, -0.2) is 11.0 Å². The Morgan fingerprint density at radius 2 is 2.05 bits per heavy atom. The summed E-state index contributed by atoms with van der Waals surface area (Å²) in [7, 11) is 0. The molecule has 1 aliphatic carbocycles. The van der Waals surface area contributed by atoms with Crippen molar-refractivity contribution < 1.29 is 4.92 Å². The van der Waals surface area contributed by atoms with Gasteiger partial charge in [-0.15, -0.1) is 0 Å². The van der Waals surface area contributed by atoms with Crippen molar-refractivity contribution >= 4 is 11.4 Å². The zero-order chi connectivity index (χ0) is 14.9. The average molecular weight is 276 g/mol. The molecule has 0 saturated heterocycles. The zero-order valence-corrected chi connectivity index (χ0v) is 12.8. The van der Waals surface area contributed by atoms with Crippen LogP contribution in [0.5, 0.6) is 0 Å². The Bertz CT molecular complexity index is 511. The molecule has 1 aromatic rings. The number of hydrogen-bond acceptors (Lipinski definition) is 3. The van der Waals surface area contributed by atoms with Crippen LogP contribution < -0.4 is 5.32 Å². The van der Waals surface area contributed by atoms with E-state index in [-0.39, 0.29) is 10.6 Å². The lowest BCUT2D eigenvalue weighted by Crippen LogP contribution is -2.35. The maximum atomic E-state index is 11.2. The lowest BCUT2D eigenvalue weighted by atomic mass is 9.70. The number of nitrogens with one attached hydrogen (secondary N) is 1. The molecule has 1 saturated carbocycles. The van der Waals surface area contributed by atoms with Gasteiger partial charge < -0.3 is 5.32 Å². The summed E-state index contributed by atoms with van der Waals surface area (Å²) in [6.07, 6.45) is 3.36. The Morgan fingerprint density at radius 1 is 1.35 bits per heavy atom. The SMILES string of the molecule is Cc1ccc(NC2CC(C)CC(C)(C)C2)c([N+](=O)[O-])c1. The first kappa shape index (κ1) is 14.8. The summed E-state index contributed by atoms with van der Waals surface area (Å²) in [6, 6.07) is 5.71. The molecule has 110 valence electrons. The minimum absolute atomic E-state index is 0.182. The van der Waals surface area contributed by atoms with E-state index in [1.807, 2.05) is 19.1 Å². The van der Waals surface area contributed by atoms with Crippen LogP contribution in [0.4, 0.5) is 11.4 Å². The van der Waals surface area contributed by atoms with Crippen molar-refractivity contribution in [1.29, 1.82) is 0 Å². The predicted octanol–water partition coefficient (Wildman–Crippen LogP) is 4.53. The molecule has 20 heavy (non-hydrogen) atoms. The molecule has 2 unspecified atom stereocenters. The molecule has 0 heterocycles. The van der Waals surface area contributed by atoms with Crippen LogP contribution in [-0.2, 0) is 0 Å². The van der Waals surface area contributed by atoms with E-state index < -0.39 is 0 Å². The summed E-state index contributed by atoms with van der Waals surface area (Å²) < 4.78 is 0. The van der Waals surface area contributed by atoms with E-state index in [1.54, 1.807) is 6.07 Å². The fourth-order valence-corrected chi connectivity index (χ4v) is 3.59. The van der Waals surface area contributed by atoms with Gasteiger partial charge in [-0.05, 0) is 49.1 Å². The van der Waals surface area contributed by atoms with E-state index in [0.717, 1.165) is 18.4 Å². The fraction of sp³-hybridized carbons (Fsp3) is 0.625. The molecule has 0 bridgehead atoms. The predicted molar refractivity (Wildman–Crippen MR) is 82.0 cm³/mol. The maximum Gasteiger partial charge on any atom is 0.292 e. The summed E-state index contributed by atoms with van der Waals surface area (Å²) in [6.45, 7) is 8.70. The van der Waals surface area contributed by atoms with E-state index in [9.17, 15) is 10.1 Å². The van der Waals surface area contributed by atoms with Gasteiger partial charge in [0.1, 0.15) is 5.69 Å². The molecule has 0 radical (unpaired) electrons. The molecule has 2 atom stereocenters. The van der Waals surface area contributed by atoms with Gasteiger partial charge in [-0.25, -0.2) is 0 Å². The molecule has 1 aromatic carbocycles. The van der Waals surface area contributed by atoms with E-state index in [2.05, 4.69) is 26.1 Å². The highest BCUT2D eigenvalue weighted by Crippen LogP contribution is 2.40. The van der Waals surface area contributed by atoms with Crippen molar-refractivity contribution in [3.63, 3.8) is 0 Å². The molecule has 4 heteroatoms. The van der Waals surface area contributed by atoms with Crippen LogP contribution in [0, 0.1) is 28.4 Å². The average Bonchev–Trinajstić information content (AvgIpc) is 2.28. The van der Waals surface area contributed by atoms with Gasteiger partial charge in [0.15, 0.2) is 0 Å². The van der Waals surface area contributed by atoms with Crippen molar-refractivity contribution in [1.82, 2.24) is 0 Å². The van der Waals surface area contributed by atoms with Crippen LogP contribution in [0.2, 0.25) is 0 Å². The fourth-order valence-electron chi connectivity index (χ4n) is 3.59. The standard InChI is InChI=1S/C16H24N2O2/c1-11-5-6-14(15(8-11)18(19)20)17-13-7-12(2)9-16(3,4)10-13/h5-6,8,12-13,17H,7,9-10H2,1-4H3. The lowest BCUT2D eigenvalue weighted by Gasteiger charge is -2.39. The van der Waals surface area contributed by atoms with Gasteiger partial charge in [0.05, 0.1) is 4.92 Å². The van der Waals surface area contributed by atoms with Gasteiger partial charge >= 0.3 is 0 Å². The zero-order valence-electron chi connectivity index (χ0n) is 12.8. The Morgan fingerprint density at radius 3 is 2.65 bits per heavy atom. The number of anilines is 1. The summed E-state index contributed by atoms with van der Waals surface area (Å²) in [4.78, 5) is 10.9. The van der Waals surface area contributed by atoms with Crippen molar-refractivity contribution in [2.45, 2.75) is 53.0 Å². The number of nitro benzene ring substituents is 1. The van der Waals surface area contributed by atoms with Gasteiger partial charge in [-0.2, -0.15) is 0 Å². The third-order valence-electron chi connectivity index (χ3n) is 4.10. The Balaban J connectivity index is 2.19. The molecular weight excluding hydrogens is 252 g/mol. The summed E-state index contributed by atoms with van der Waals surface area (Å²) in [5.74, 6) is 0.653. The second-order valence-corrected chi connectivity index (χ2v) is 7.03. The molecular formula is C16H24N2O2. The second-order valence-electron chi connectivity index (χ2n) is 7.03. The molecule has 0 amide bonds. The molecule has 0 aliphatic heterocycles. The van der Waals surface area contributed by atoms with Crippen LogP contribution in [0.25, 0.3) is 0 Å². The molecule has 1 fully saturated rings. The first-order valence-electron chi connectivity index (χ1n) is 7.28. The molecule has 0 aromatic heterocycles. The largest absolute Gasteiger partial charge is 0.377 e. The first-order valence-corrected chi connectivity index (χ1v) is 7.28. The number of aryl methyl sites for hydroxylation is 1. The van der Waals surface area contributed by atoms with E-state index in [0.29, 0.717) is 23.1 Å².